The maximum atomic E-state index is 12.3. The summed E-state index contributed by atoms with van der Waals surface area (Å²) in [4.78, 5) is 14.9. The summed E-state index contributed by atoms with van der Waals surface area (Å²) in [6.07, 6.45) is 0.648. The molecule has 1 aliphatic rings. The first-order chi connectivity index (χ1) is 8.52. The van der Waals surface area contributed by atoms with Crippen LogP contribution < -0.4 is 0 Å². The van der Waals surface area contributed by atoms with Gasteiger partial charge in [-0.2, -0.15) is 0 Å². The van der Waals surface area contributed by atoms with E-state index in [1.165, 1.54) is 11.3 Å². The molecule has 2 rings (SSSR count). The second kappa shape index (κ2) is 5.40. The minimum absolute atomic E-state index is 0.0673. The van der Waals surface area contributed by atoms with Crippen LogP contribution >= 0.6 is 27.3 Å². The summed E-state index contributed by atoms with van der Waals surface area (Å²) in [5.74, 6) is 0.190. The molecule has 1 unspecified atom stereocenters. The summed E-state index contributed by atoms with van der Waals surface area (Å²) in [6, 6.07) is 1.91. The highest BCUT2D eigenvalue weighted by Crippen LogP contribution is 2.29. The fraction of sp³-hybridized carbons (Fsp3) is 0.500. The summed E-state index contributed by atoms with van der Waals surface area (Å²) < 4.78 is 1.01. The Morgan fingerprint density at radius 1 is 1.67 bits per heavy atom. The molecule has 1 fully saturated rings. The Morgan fingerprint density at radius 3 is 2.89 bits per heavy atom. The number of thiophene rings is 1. The van der Waals surface area contributed by atoms with Crippen LogP contribution in [0.1, 0.15) is 28.6 Å². The lowest BCUT2D eigenvalue weighted by atomic mass is 9.97. The Kier molecular flexibility index (Phi) is 4.07. The number of hydrogen-bond acceptors (Lipinski definition) is 4. The minimum Gasteiger partial charge on any atom is -0.411 e. The van der Waals surface area contributed by atoms with Gasteiger partial charge in [-0.15, -0.1) is 11.3 Å². The van der Waals surface area contributed by atoms with Crippen LogP contribution in [0.2, 0.25) is 0 Å². The van der Waals surface area contributed by atoms with Crippen molar-refractivity contribution in [3.63, 3.8) is 0 Å². The molecule has 0 radical (unpaired) electrons. The average Bonchev–Trinajstić information content (AvgIpc) is 2.68. The molecular formula is C12H15BrN2O2S. The normalized spacial score (nSPS) is 22.5. The number of halogens is 1. The van der Waals surface area contributed by atoms with E-state index in [1.54, 1.807) is 0 Å². The van der Waals surface area contributed by atoms with Crippen LogP contribution in [0.15, 0.2) is 15.0 Å². The van der Waals surface area contributed by atoms with Gasteiger partial charge >= 0.3 is 0 Å². The summed E-state index contributed by atoms with van der Waals surface area (Å²) in [6.45, 7) is 5.20. The van der Waals surface area contributed by atoms with Crippen molar-refractivity contribution in [3.05, 3.63) is 20.3 Å². The van der Waals surface area contributed by atoms with Crippen LogP contribution in [0.5, 0.6) is 0 Å². The number of nitrogens with zero attached hydrogens (tertiary/aromatic N) is 2. The van der Waals surface area contributed by atoms with Crippen molar-refractivity contribution in [1.29, 1.82) is 0 Å². The summed E-state index contributed by atoms with van der Waals surface area (Å²) in [5, 5.41) is 12.1. The van der Waals surface area contributed by atoms with E-state index in [2.05, 4.69) is 21.1 Å². The van der Waals surface area contributed by atoms with Gasteiger partial charge in [0.15, 0.2) is 0 Å². The quantitative estimate of drug-likeness (QED) is 0.635. The van der Waals surface area contributed by atoms with Gasteiger partial charge in [-0.1, -0.05) is 12.1 Å². The van der Waals surface area contributed by atoms with Gasteiger partial charge in [0.05, 0.1) is 14.4 Å². The van der Waals surface area contributed by atoms with E-state index in [4.69, 9.17) is 5.21 Å². The molecule has 0 bridgehead atoms. The average molecular weight is 331 g/mol. The van der Waals surface area contributed by atoms with E-state index in [-0.39, 0.29) is 11.8 Å². The summed E-state index contributed by atoms with van der Waals surface area (Å²) >= 11 is 4.91. The molecule has 98 valence electrons. The zero-order valence-electron chi connectivity index (χ0n) is 10.3. The Morgan fingerprint density at radius 2 is 2.39 bits per heavy atom. The molecule has 1 N–H and O–H groups in total. The number of amides is 1. The molecule has 0 aliphatic carbocycles. The molecule has 18 heavy (non-hydrogen) atoms. The van der Waals surface area contributed by atoms with E-state index in [0.29, 0.717) is 19.5 Å². The zero-order chi connectivity index (χ0) is 13.3. The summed E-state index contributed by atoms with van der Waals surface area (Å²) in [5.41, 5.74) is 1.87. The van der Waals surface area contributed by atoms with Gasteiger partial charge in [0.25, 0.3) is 5.91 Å². The number of hydrogen-bond donors (Lipinski definition) is 1. The Hall–Kier alpha value is -0.880. The molecule has 1 saturated heterocycles. The molecule has 4 nitrogen and oxygen atoms in total. The van der Waals surface area contributed by atoms with Crippen LogP contribution in [-0.4, -0.2) is 34.8 Å². The molecule has 0 saturated carbocycles. The van der Waals surface area contributed by atoms with E-state index in [9.17, 15) is 4.79 Å². The van der Waals surface area contributed by atoms with E-state index in [1.807, 2.05) is 24.8 Å². The van der Waals surface area contributed by atoms with Gasteiger partial charge in [0, 0.05) is 25.4 Å². The van der Waals surface area contributed by atoms with Gasteiger partial charge in [0.1, 0.15) is 0 Å². The highest BCUT2D eigenvalue weighted by Gasteiger charge is 2.27. The number of likely N-dealkylation sites (tertiary alicyclic amines) is 1. The zero-order valence-corrected chi connectivity index (χ0v) is 12.7. The number of piperidine rings is 1. The van der Waals surface area contributed by atoms with Crippen molar-refractivity contribution in [2.24, 2.45) is 11.1 Å². The van der Waals surface area contributed by atoms with Crippen LogP contribution in [0.4, 0.5) is 0 Å². The molecule has 6 heteroatoms. The predicted molar refractivity (Wildman–Crippen MR) is 75.7 cm³/mol. The smallest absolute Gasteiger partial charge is 0.264 e. The van der Waals surface area contributed by atoms with Gasteiger partial charge < -0.3 is 10.1 Å². The van der Waals surface area contributed by atoms with Crippen molar-refractivity contribution in [2.45, 2.75) is 20.3 Å². The maximum absolute atomic E-state index is 12.3. The lowest BCUT2D eigenvalue weighted by Gasteiger charge is -2.31. The van der Waals surface area contributed by atoms with Crippen molar-refractivity contribution in [1.82, 2.24) is 4.90 Å². The molecule has 0 spiro atoms. The minimum atomic E-state index is 0.0673. The lowest BCUT2D eigenvalue weighted by molar-refractivity contribution is 0.0739. The Labute approximate surface area is 118 Å². The Balaban J connectivity index is 2.11. The second-order valence-electron chi connectivity index (χ2n) is 4.56. The second-order valence-corrected chi connectivity index (χ2v) is 6.93. The molecular weight excluding hydrogens is 316 g/mol. The summed E-state index contributed by atoms with van der Waals surface area (Å²) in [7, 11) is 0. The van der Waals surface area contributed by atoms with Crippen LogP contribution in [-0.2, 0) is 0 Å². The lowest BCUT2D eigenvalue weighted by Crippen LogP contribution is -2.43. The van der Waals surface area contributed by atoms with Crippen molar-refractivity contribution >= 4 is 38.9 Å². The van der Waals surface area contributed by atoms with E-state index >= 15 is 0 Å². The third-order valence-electron chi connectivity index (χ3n) is 3.18. The van der Waals surface area contributed by atoms with E-state index in [0.717, 1.165) is 19.9 Å². The fourth-order valence-corrected chi connectivity index (χ4v) is 3.58. The van der Waals surface area contributed by atoms with Crippen LogP contribution in [0.25, 0.3) is 0 Å². The first-order valence-corrected chi connectivity index (χ1v) is 7.40. The molecule has 1 aromatic heterocycles. The van der Waals surface area contributed by atoms with Gasteiger partial charge in [0.2, 0.25) is 0 Å². The van der Waals surface area contributed by atoms with Crippen LogP contribution in [0, 0.1) is 12.8 Å². The van der Waals surface area contributed by atoms with Gasteiger partial charge in [-0.25, -0.2) is 0 Å². The molecule has 2 heterocycles. The number of aryl methyl sites for hydroxylation is 1. The monoisotopic (exact) mass is 330 g/mol. The van der Waals surface area contributed by atoms with Crippen molar-refractivity contribution < 1.29 is 10.0 Å². The number of carbonyl (C=O) groups excluding carboxylic acids is 1. The maximum Gasteiger partial charge on any atom is 0.264 e. The van der Waals surface area contributed by atoms with Gasteiger partial charge in [-0.3, -0.25) is 4.79 Å². The third-order valence-corrected chi connectivity index (χ3v) is 5.31. The van der Waals surface area contributed by atoms with Crippen LogP contribution in [0.3, 0.4) is 0 Å². The largest absolute Gasteiger partial charge is 0.411 e. The first-order valence-electron chi connectivity index (χ1n) is 5.79. The third kappa shape index (κ3) is 2.59. The van der Waals surface area contributed by atoms with Crippen molar-refractivity contribution in [2.75, 3.05) is 13.1 Å². The number of rotatable bonds is 1. The fourth-order valence-electron chi connectivity index (χ4n) is 2.08. The number of oxime groups is 1. The highest BCUT2D eigenvalue weighted by molar-refractivity contribution is 9.11. The molecule has 1 amide bonds. The molecule has 1 aliphatic heterocycles. The molecule has 1 atom stereocenters. The van der Waals surface area contributed by atoms with Gasteiger partial charge in [-0.05, 0) is 34.5 Å². The first kappa shape index (κ1) is 13.5. The highest BCUT2D eigenvalue weighted by atomic mass is 79.9. The number of carbonyl (C=O) groups is 1. The Bertz CT molecular complexity index is 479. The topological polar surface area (TPSA) is 52.9 Å². The standard InChI is InChI=1S/C12H15BrN2O2S/c1-7-5-10(18-11(7)13)12(16)15-4-3-9(14-17)8(2)6-15/h5,8,17H,3-4,6H2,1-2H3. The molecule has 0 aromatic carbocycles. The van der Waals surface area contributed by atoms with E-state index < -0.39 is 0 Å². The predicted octanol–water partition coefficient (Wildman–Crippen LogP) is 3.13. The SMILES string of the molecule is Cc1cc(C(=O)N2CCC(=NO)C(C)C2)sc1Br. The molecule has 1 aromatic rings. The van der Waals surface area contributed by atoms with Crippen molar-refractivity contribution in [3.8, 4) is 0 Å².